The molecule has 0 spiro atoms. The zero-order chi connectivity index (χ0) is 13.9. The Bertz CT molecular complexity index is 357. The summed E-state index contributed by atoms with van der Waals surface area (Å²) in [4.78, 5) is 25.5. The molecule has 1 N–H and O–H groups in total. The van der Waals surface area contributed by atoms with Gasteiger partial charge in [-0.1, -0.05) is 19.8 Å². The van der Waals surface area contributed by atoms with Gasteiger partial charge >= 0.3 is 5.97 Å². The van der Waals surface area contributed by atoms with Gasteiger partial charge < -0.3 is 14.7 Å². The largest absolute Gasteiger partial charge is 0.481 e. The molecule has 108 valence electrons. The van der Waals surface area contributed by atoms with Crippen molar-refractivity contribution < 1.29 is 19.4 Å². The van der Waals surface area contributed by atoms with Gasteiger partial charge in [-0.05, 0) is 12.8 Å². The smallest absolute Gasteiger partial charge is 0.311 e. The van der Waals surface area contributed by atoms with Gasteiger partial charge in [-0.25, -0.2) is 0 Å². The minimum atomic E-state index is -0.773. The molecule has 2 saturated heterocycles. The first-order valence-corrected chi connectivity index (χ1v) is 7.19. The molecule has 19 heavy (non-hydrogen) atoms. The lowest BCUT2D eigenvalue weighted by molar-refractivity contribution is -0.157. The summed E-state index contributed by atoms with van der Waals surface area (Å²) < 4.78 is 5.38. The predicted octanol–water partition coefficient (Wildman–Crippen LogP) is 1.52. The summed E-state index contributed by atoms with van der Waals surface area (Å²) in [5, 5.41) is 9.52. The average molecular weight is 269 g/mol. The van der Waals surface area contributed by atoms with Gasteiger partial charge in [-0.3, -0.25) is 9.59 Å². The van der Waals surface area contributed by atoms with Crippen LogP contribution in [-0.2, 0) is 14.3 Å². The Morgan fingerprint density at radius 2 is 2.21 bits per heavy atom. The minimum absolute atomic E-state index is 0.0473. The van der Waals surface area contributed by atoms with Gasteiger partial charge in [0.15, 0.2) is 0 Å². The lowest BCUT2D eigenvalue weighted by atomic mass is 9.74. The molecule has 1 amide bonds. The quantitative estimate of drug-likeness (QED) is 0.768. The molecule has 2 fully saturated rings. The topological polar surface area (TPSA) is 66.8 Å². The molecule has 0 aromatic rings. The summed E-state index contributed by atoms with van der Waals surface area (Å²) in [6.07, 6.45) is 4.09. The first kappa shape index (κ1) is 14.3. The molecule has 0 bridgehead atoms. The highest BCUT2D eigenvalue weighted by Crippen LogP contribution is 2.42. The maximum absolute atomic E-state index is 12.1. The van der Waals surface area contributed by atoms with Crippen LogP contribution in [-0.4, -0.2) is 48.2 Å². The molecular weight excluding hydrogens is 246 g/mol. The number of likely N-dealkylation sites (tertiary alicyclic amines) is 1. The number of amides is 1. The molecule has 2 heterocycles. The predicted molar refractivity (Wildman–Crippen MR) is 69.7 cm³/mol. The van der Waals surface area contributed by atoms with Crippen LogP contribution >= 0.6 is 0 Å². The van der Waals surface area contributed by atoms with E-state index in [2.05, 4.69) is 6.92 Å². The summed E-state index contributed by atoms with van der Waals surface area (Å²) in [6.45, 7) is 3.95. The number of ether oxygens (including phenoxy) is 1. The molecule has 0 aromatic heterocycles. The van der Waals surface area contributed by atoms with E-state index in [1.807, 2.05) is 0 Å². The fourth-order valence-electron chi connectivity index (χ4n) is 3.17. The normalized spacial score (nSPS) is 30.2. The summed E-state index contributed by atoms with van der Waals surface area (Å²) >= 11 is 0. The number of carbonyl (C=O) groups is 2. The molecule has 0 aromatic carbocycles. The SMILES string of the molecule is CCCCCC(=O)N1C[C@H]2COCC[C@@]2(C(=O)O)C1. The van der Waals surface area contributed by atoms with Gasteiger partial charge in [-0.2, -0.15) is 0 Å². The molecule has 0 aliphatic carbocycles. The van der Waals surface area contributed by atoms with Crippen molar-refractivity contribution in [2.75, 3.05) is 26.3 Å². The monoisotopic (exact) mass is 269 g/mol. The standard InChI is InChI=1S/C14H23NO4/c1-2-3-4-5-12(16)15-8-11-9-19-7-6-14(11,10-15)13(17)18/h11H,2-10H2,1H3,(H,17,18)/t11-,14+/m0/s1. The lowest BCUT2D eigenvalue weighted by Gasteiger charge is -2.33. The Kier molecular flexibility index (Phi) is 4.45. The Morgan fingerprint density at radius 3 is 2.84 bits per heavy atom. The highest BCUT2D eigenvalue weighted by molar-refractivity contribution is 5.81. The average Bonchev–Trinajstić information content (AvgIpc) is 2.79. The highest BCUT2D eigenvalue weighted by Gasteiger charge is 2.54. The van der Waals surface area contributed by atoms with Crippen molar-refractivity contribution in [1.82, 2.24) is 4.90 Å². The van der Waals surface area contributed by atoms with Crippen molar-refractivity contribution in [3.63, 3.8) is 0 Å². The van der Waals surface area contributed by atoms with E-state index in [1.54, 1.807) is 4.90 Å². The maximum atomic E-state index is 12.1. The molecule has 2 aliphatic heterocycles. The third-order valence-corrected chi connectivity index (χ3v) is 4.48. The van der Waals surface area contributed by atoms with Gasteiger partial charge in [0.25, 0.3) is 0 Å². The van der Waals surface area contributed by atoms with Crippen LogP contribution in [0.3, 0.4) is 0 Å². The van der Waals surface area contributed by atoms with Crippen LogP contribution in [0.15, 0.2) is 0 Å². The number of unbranched alkanes of at least 4 members (excludes halogenated alkanes) is 2. The zero-order valence-electron chi connectivity index (χ0n) is 11.6. The number of carboxylic acids is 1. The van der Waals surface area contributed by atoms with Crippen molar-refractivity contribution in [1.29, 1.82) is 0 Å². The number of hydrogen-bond acceptors (Lipinski definition) is 3. The molecule has 0 unspecified atom stereocenters. The molecule has 5 heteroatoms. The second-order valence-corrected chi connectivity index (χ2v) is 5.71. The van der Waals surface area contributed by atoms with Crippen LogP contribution in [0.25, 0.3) is 0 Å². The van der Waals surface area contributed by atoms with Gasteiger partial charge in [0, 0.05) is 32.0 Å². The third kappa shape index (κ3) is 2.76. The number of carboxylic acid groups (broad SMARTS) is 1. The molecule has 0 radical (unpaired) electrons. The summed E-state index contributed by atoms with van der Waals surface area (Å²) in [5.41, 5.74) is -0.765. The molecule has 2 atom stereocenters. The van der Waals surface area contributed by atoms with Gasteiger partial charge in [0.05, 0.1) is 12.0 Å². The number of fused-ring (bicyclic) bond motifs is 1. The summed E-state index contributed by atoms with van der Waals surface area (Å²) in [7, 11) is 0. The fraction of sp³-hybridized carbons (Fsp3) is 0.857. The Balaban J connectivity index is 1.99. The lowest BCUT2D eigenvalue weighted by Crippen LogP contribution is -2.45. The van der Waals surface area contributed by atoms with Crippen LogP contribution in [0, 0.1) is 11.3 Å². The van der Waals surface area contributed by atoms with E-state index >= 15 is 0 Å². The van der Waals surface area contributed by atoms with Gasteiger partial charge in [0.2, 0.25) is 5.91 Å². The number of carbonyl (C=O) groups excluding carboxylic acids is 1. The van der Waals surface area contributed by atoms with E-state index in [0.717, 1.165) is 19.3 Å². The molecule has 5 nitrogen and oxygen atoms in total. The third-order valence-electron chi connectivity index (χ3n) is 4.48. The van der Waals surface area contributed by atoms with E-state index in [4.69, 9.17) is 4.74 Å². The molecular formula is C14H23NO4. The second kappa shape index (κ2) is 5.90. The number of nitrogens with zero attached hydrogens (tertiary/aromatic N) is 1. The molecule has 2 rings (SSSR count). The Labute approximate surface area is 113 Å². The van der Waals surface area contributed by atoms with Crippen LogP contribution in [0.5, 0.6) is 0 Å². The van der Waals surface area contributed by atoms with Crippen molar-refractivity contribution in [2.24, 2.45) is 11.3 Å². The first-order valence-electron chi connectivity index (χ1n) is 7.19. The van der Waals surface area contributed by atoms with Crippen molar-refractivity contribution in [2.45, 2.75) is 39.0 Å². The Hall–Kier alpha value is -1.10. The molecule has 2 aliphatic rings. The number of aliphatic carboxylic acids is 1. The highest BCUT2D eigenvalue weighted by atomic mass is 16.5. The van der Waals surface area contributed by atoms with Crippen LogP contribution in [0.2, 0.25) is 0 Å². The van der Waals surface area contributed by atoms with Crippen molar-refractivity contribution >= 4 is 11.9 Å². The van der Waals surface area contributed by atoms with E-state index in [1.165, 1.54) is 0 Å². The van der Waals surface area contributed by atoms with E-state index < -0.39 is 11.4 Å². The van der Waals surface area contributed by atoms with Gasteiger partial charge in [0.1, 0.15) is 0 Å². The fourth-order valence-corrected chi connectivity index (χ4v) is 3.17. The number of hydrogen-bond donors (Lipinski definition) is 1. The van der Waals surface area contributed by atoms with E-state index in [9.17, 15) is 14.7 Å². The minimum Gasteiger partial charge on any atom is -0.481 e. The van der Waals surface area contributed by atoms with Crippen LogP contribution in [0.4, 0.5) is 0 Å². The number of rotatable bonds is 5. The zero-order valence-corrected chi connectivity index (χ0v) is 11.6. The van der Waals surface area contributed by atoms with E-state index in [0.29, 0.717) is 39.1 Å². The van der Waals surface area contributed by atoms with E-state index in [-0.39, 0.29) is 11.8 Å². The van der Waals surface area contributed by atoms with Crippen LogP contribution < -0.4 is 0 Å². The van der Waals surface area contributed by atoms with Crippen molar-refractivity contribution in [3.05, 3.63) is 0 Å². The second-order valence-electron chi connectivity index (χ2n) is 5.71. The molecule has 0 saturated carbocycles. The summed E-state index contributed by atoms with van der Waals surface area (Å²) in [5.74, 6) is -0.720. The van der Waals surface area contributed by atoms with Gasteiger partial charge in [-0.15, -0.1) is 0 Å². The van der Waals surface area contributed by atoms with Crippen LogP contribution in [0.1, 0.15) is 39.0 Å². The summed E-state index contributed by atoms with van der Waals surface area (Å²) in [6, 6.07) is 0. The maximum Gasteiger partial charge on any atom is 0.311 e. The Morgan fingerprint density at radius 1 is 1.42 bits per heavy atom. The van der Waals surface area contributed by atoms with Crippen molar-refractivity contribution in [3.8, 4) is 0 Å². The first-order chi connectivity index (χ1) is 9.10.